The molecule has 0 aromatic carbocycles. The summed E-state index contributed by atoms with van der Waals surface area (Å²) >= 11 is 0. The summed E-state index contributed by atoms with van der Waals surface area (Å²) in [6.07, 6.45) is 11.2. The van der Waals surface area contributed by atoms with Crippen LogP contribution in [0.15, 0.2) is 55.1 Å². The molecule has 0 spiro atoms. The first kappa shape index (κ1) is 23.0. The summed E-state index contributed by atoms with van der Waals surface area (Å²) in [4.78, 5) is 16.6. The number of hydrogen-bond acceptors (Lipinski definition) is 8. The number of fused-ring (bicyclic) bond motifs is 3. The van der Waals surface area contributed by atoms with E-state index in [1.807, 2.05) is 29.2 Å². The van der Waals surface area contributed by atoms with E-state index in [0.29, 0.717) is 23.5 Å². The Bertz CT molecular complexity index is 1490. The van der Waals surface area contributed by atoms with Crippen LogP contribution < -0.4 is 14.5 Å². The molecule has 4 saturated heterocycles. The Labute approximate surface area is 221 Å². The lowest BCUT2D eigenvalue weighted by Crippen LogP contribution is -2.68. The topological polar surface area (TPSA) is 85.8 Å². The van der Waals surface area contributed by atoms with E-state index in [4.69, 9.17) is 9.72 Å². The van der Waals surface area contributed by atoms with Gasteiger partial charge in [-0.25, -0.2) is 14.5 Å². The van der Waals surface area contributed by atoms with Crippen molar-refractivity contribution in [2.45, 2.75) is 37.9 Å². The van der Waals surface area contributed by atoms with E-state index in [-0.39, 0.29) is 0 Å². The summed E-state index contributed by atoms with van der Waals surface area (Å²) < 4.78 is 7.03. The van der Waals surface area contributed by atoms with Gasteiger partial charge < -0.3 is 14.5 Å². The Morgan fingerprint density at radius 3 is 2.53 bits per heavy atom. The van der Waals surface area contributed by atoms with Crippen LogP contribution in [0, 0.1) is 11.3 Å². The standard InChI is InChI=1S/C29H30N8O/c1-38-28-7-4-20(13-32-28)16-36-24-10-25(36)18-35(17-24)27-6-5-21(14-31-27)26-11-23(34-8-2-3-9-34)19-37-29(26)22(12-30)15-33-37/h4-7,11,13-15,19,24-25H,2-3,8-10,16-18H2,1H3. The van der Waals surface area contributed by atoms with Gasteiger partial charge in [0.15, 0.2) is 0 Å². The van der Waals surface area contributed by atoms with Crippen molar-refractivity contribution in [2.24, 2.45) is 0 Å². The molecule has 0 aliphatic carbocycles. The van der Waals surface area contributed by atoms with Gasteiger partial charge >= 0.3 is 0 Å². The smallest absolute Gasteiger partial charge is 0.212 e. The zero-order valence-corrected chi connectivity index (χ0v) is 21.5. The van der Waals surface area contributed by atoms with Crippen molar-refractivity contribution >= 4 is 17.0 Å². The number of hydrogen-bond donors (Lipinski definition) is 0. The van der Waals surface area contributed by atoms with Crippen molar-refractivity contribution in [1.82, 2.24) is 24.5 Å². The fourth-order valence-electron chi connectivity index (χ4n) is 6.26. The molecule has 0 saturated carbocycles. The second kappa shape index (κ2) is 9.30. The summed E-state index contributed by atoms with van der Waals surface area (Å²) in [5, 5.41) is 14.2. The molecule has 2 unspecified atom stereocenters. The minimum Gasteiger partial charge on any atom is -0.481 e. The Morgan fingerprint density at radius 2 is 1.84 bits per heavy atom. The minimum atomic E-state index is 0.527. The maximum Gasteiger partial charge on any atom is 0.212 e. The predicted molar refractivity (Wildman–Crippen MR) is 145 cm³/mol. The zero-order chi connectivity index (χ0) is 25.6. The first-order valence-electron chi connectivity index (χ1n) is 13.3. The van der Waals surface area contributed by atoms with Crippen molar-refractivity contribution in [2.75, 3.05) is 43.1 Å². The van der Waals surface area contributed by atoms with E-state index >= 15 is 0 Å². The molecule has 38 heavy (non-hydrogen) atoms. The molecule has 8 heterocycles. The van der Waals surface area contributed by atoms with Gasteiger partial charge in [-0.05, 0) is 43.0 Å². The molecule has 0 radical (unpaired) electrons. The van der Waals surface area contributed by atoms with Gasteiger partial charge in [0.25, 0.3) is 0 Å². The maximum absolute atomic E-state index is 9.71. The van der Waals surface area contributed by atoms with E-state index in [2.05, 4.69) is 55.1 Å². The number of pyridine rings is 3. The van der Waals surface area contributed by atoms with Crippen LogP contribution in [0.2, 0.25) is 0 Å². The third-order valence-electron chi connectivity index (χ3n) is 8.29. The maximum atomic E-state index is 9.71. The highest BCUT2D eigenvalue weighted by Gasteiger charge is 2.44. The van der Waals surface area contributed by atoms with Gasteiger partial charge in [-0.2, -0.15) is 10.4 Å². The van der Waals surface area contributed by atoms with Crippen molar-refractivity contribution in [3.8, 4) is 23.1 Å². The summed E-state index contributed by atoms with van der Waals surface area (Å²) in [7, 11) is 1.64. The summed E-state index contributed by atoms with van der Waals surface area (Å²) in [5.74, 6) is 1.66. The monoisotopic (exact) mass is 506 g/mol. The molecule has 2 bridgehead atoms. The normalized spacial score (nSPS) is 20.9. The Kier molecular flexibility index (Phi) is 5.63. The molecule has 4 aromatic rings. The molecule has 192 valence electrons. The fraction of sp³-hybridized carbons (Fsp3) is 0.379. The summed E-state index contributed by atoms with van der Waals surface area (Å²) in [6.45, 7) is 4.97. The van der Waals surface area contributed by atoms with E-state index < -0.39 is 0 Å². The zero-order valence-electron chi connectivity index (χ0n) is 21.5. The number of nitriles is 1. The molecule has 0 amide bonds. The molecular formula is C29H30N8O. The molecule has 4 aromatic heterocycles. The lowest BCUT2D eigenvalue weighted by Gasteiger charge is -2.56. The molecule has 2 atom stereocenters. The predicted octanol–water partition coefficient (Wildman–Crippen LogP) is 3.73. The van der Waals surface area contributed by atoms with E-state index in [0.717, 1.165) is 60.9 Å². The average molecular weight is 507 g/mol. The van der Waals surface area contributed by atoms with Crippen LogP contribution in [0.25, 0.3) is 16.6 Å². The molecule has 4 fully saturated rings. The second-order valence-electron chi connectivity index (χ2n) is 10.5. The quantitative estimate of drug-likeness (QED) is 0.391. The number of anilines is 2. The Morgan fingerprint density at radius 1 is 1.00 bits per heavy atom. The van der Waals surface area contributed by atoms with Crippen molar-refractivity contribution in [3.63, 3.8) is 0 Å². The van der Waals surface area contributed by atoms with E-state index in [1.165, 1.54) is 24.8 Å². The molecule has 8 rings (SSSR count). The minimum absolute atomic E-state index is 0.527. The first-order valence-corrected chi connectivity index (χ1v) is 13.3. The molecule has 9 nitrogen and oxygen atoms in total. The van der Waals surface area contributed by atoms with Gasteiger partial charge in [-0.1, -0.05) is 6.07 Å². The number of rotatable bonds is 6. The number of methoxy groups -OCH3 is 1. The Hall–Kier alpha value is -4.16. The van der Waals surface area contributed by atoms with Gasteiger partial charge in [0.05, 0.1) is 36.3 Å². The highest BCUT2D eigenvalue weighted by molar-refractivity contribution is 5.86. The molecule has 0 N–H and O–H groups in total. The number of aromatic nitrogens is 4. The van der Waals surface area contributed by atoms with Gasteiger partial charge in [-0.3, -0.25) is 4.90 Å². The number of nitrogens with zero attached hydrogens (tertiary/aromatic N) is 8. The Balaban J connectivity index is 1.10. The first-order chi connectivity index (χ1) is 18.7. The molecule has 4 aliphatic rings. The van der Waals surface area contributed by atoms with Crippen molar-refractivity contribution in [1.29, 1.82) is 5.26 Å². The van der Waals surface area contributed by atoms with Crippen LogP contribution in [-0.2, 0) is 6.54 Å². The summed E-state index contributed by atoms with van der Waals surface area (Å²) in [5.41, 5.74) is 5.80. The highest BCUT2D eigenvalue weighted by atomic mass is 16.5. The van der Waals surface area contributed by atoms with E-state index in [1.54, 1.807) is 13.3 Å². The van der Waals surface area contributed by atoms with Gasteiger partial charge in [0, 0.05) is 74.4 Å². The second-order valence-corrected chi connectivity index (χ2v) is 10.5. The van der Waals surface area contributed by atoms with Crippen LogP contribution in [0.3, 0.4) is 0 Å². The van der Waals surface area contributed by atoms with Gasteiger partial charge in [0.2, 0.25) is 5.88 Å². The largest absolute Gasteiger partial charge is 0.481 e. The summed E-state index contributed by atoms with van der Waals surface area (Å²) in [6, 6.07) is 13.9. The molecule has 9 heteroatoms. The lowest BCUT2D eigenvalue weighted by atomic mass is 9.87. The van der Waals surface area contributed by atoms with Crippen LogP contribution in [-0.4, -0.2) is 69.9 Å². The highest BCUT2D eigenvalue weighted by Crippen LogP contribution is 2.37. The fourth-order valence-corrected chi connectivity index (χ4v) is 6.26. The van der Waals surface area contributed by atoms with Crippen molar-refractivity contribution in [3.05, 3.63) is 66.2 Å². The van der Waals surface area contributed by atoms with Gasteiger partial charge in [-0.15, -0.1) is 0 Å². The van der Waals surface area contributed by atoms with Crippen LogP contribution in [0.4, 0.5) is 11.5 Å². The third-order valence-corrected chi connectivity index (χ3v) is 8.29. The molecule has 4 aliphatic heterocycles. The van der Waals surface area contributed by atoms with Crippen LogP contribution in [0.5, 0.6) is 5.88 Å². The van der Waals surface area contributed by atoms with Crippen LogP contribution in [0.1, 0.15) is 30.4 Å². The van der Waals surface area contributed by atoms with Crippen molar-refractivity contribution < 1.29 is 4.74 Å². The number of ether oxygens (including phenoxy) is 1. The lowest BCUT2D eigenvalue weighted by molar-refractivity contribution is -0.00876. The third kappa shape index (κ3) is 3.92. The van der Waals surface area contributed by atoms with Gasteiger partial charge in [0.1, 0.15) is 11.9 Å². The number of piperidine rings is 1. The number of piperazine rings is 1. The SMILES string of the molecule is COc1ccc(CN2C3CC2CN(c2ccc(-c4cc(N5CCCC5)cn5ncc(C#N)c45)cn2)C3)cn1. The van der Waals surface area contributed by atoms with E-state index in [9.17, 15) is 5.26 Å². The molecular weight excluding hydrogens is 476 g/mol. The average Bonchev–Trinajstić information content (AvgIpc) is 3.66. The van der Waals surface area contributed by atoms with Crippen LogP contribution >= 0.6 is 0 Å².